The zero-order valence-corrected chi connectivity index (χ0v) is 18.4. The molecule has 0 saturated carbocycles. The van der Waals surface area contributed by atoms with E-state index in [9.17, 15) is 4.79 Å². The minimum absolute atomic E-state index is 0.0487. The van der Waals surface area contributed by atoms with Crippen LogP contribution in [0, 0.1) is 6.92 Å². The third-order valence-electron chi connectivity index (χ3n) is 4.96. The fourth-order valence-corrected chi connectivity index (χ4v) is 3.26. The van der Waals surface area contributed by atoms with Gasteiger partial charge in [0, 0.05) is 17.8 Å². The Bertz CT molecular complexity index is 1050. The lowest BCUT2D eigenvalue weighted by atomic mass is 10.1. The number of aryl methyl sites for hydroxylation is 1. The summed E-state index contributed by atoms with van der Waals surface area (Å²) in [5, 5.41) is 2.18. The second kappa shape index (κ2) is 10.3. The van der Waals surface area contributed by atoms with Crippen molar-refractivity contribution in [3.05, 3.63) is 69.8 Å². The monoisotopic (exact) mass is 410 g/mol. The topological polar surface area (TPSA) is 69.4 Å². The van der Waals surface area contributed by atoms with Gasteiger partial charge in [-0.2, -0.15) is 0 Å². The molecule has 6 nitrogen and oxygen atoms in total. The van der Waals surface area contributed by atoms with Gasteiger partial charge in [0.25, 0.3) is 5.56 Å². The van der Waals surface area contributed by atoms with Gasteiger partial charge in [0.05, 0.1) is 13.2 Å². The minimum Gasteiger partial charge on any atom is -0.490 e. The second-order valence-electron chi connectivity index (χ2n) is 7.65. The number of nitrogens with zero attached hydrogens (tertiary/aromatic N) is 2. The molecule has 2 N–H and O–H groups in total. The molecule has 3 rings (SSSR count). The summed E-state index contributed by atoms with van der Waals surface area (Å²) in [7, 11) is 0. The lowest BCUT2D eigenvalue weighted by Crippen LogP contribution is -2.83. The van der Waals surface area contributed by atoms with Gasteiger partial charge in [-0.25, -0.2) is 4.98 Å². The van der Waals surface area contributed by atoms with E-state index in [2.05, 4.69) is 43.2 Å². The average molecular weight is 411 g/mol. The van der Waals surface area contributed by atoms with Crippen molar-refractivity contribution in [1.82, 2.24) is 9.38 Å². The molecule has 2 heterocycles. The van der Waals surface area contributed by atoms with Crippen LogP contribution < -0.4 is 20.3 Å². The number of rotatable bonds is 10. The van der Waals surface area contributed by atoms with Crippen LogP contribution in [0.2, 0.25) is 0 Å². The molecule has 2 aromatic heterocycles. The number of ether oxygens (including phenoxy) is 2. The fraction of sp³-hybridized carbons (Fsp3) is 0.417. The minimum atomic E-state index is -0.0487. The van der Waals surface area contributed by atoms with Gasteiger partial charge in [0.15, 0.2) is 11.5 Å². The van der Waals surface area contributed by atoms with Crippen LogP contribution in [0.4, 0.5) is 0 Å². The first-order chi connectivity index (χ1) is 14.5. The zero-order valence-electron chi connectivity index (χ0n) is 18.4. The molecule has 0 radical (unpaired) electrons. The van der Waals surface area contributed by atoms with E-state index in [1.54, 1.807) is 10.5 Å². The van der Waals surface area contributed by atoms with Crippen molar-refractivity contribution in [2.75, 3.05) is 13.2 Å². The van der Waals surface area contributed by atoms with E-state index in [0.717, 1.165) is 41.2 Å². The summed E-state index contributed by atoms with van der Waals surface area (Å²) >= 11 is 0. The first kappa shape index (κ1) is 21.8. The smallest absolute Gasteiger partial charge is 0.258 e. The third-order valence-corrected chi connectivity index (χ3v) is 4.96. The maximum absolute atomic E-state index is 12.4. The van der Waals surface area contributed by atoms with E-state index in [0.29, 0.717) is 25.4 Å². The Morgan fingerprint density at radius 2 is 1.77 bits per heavy atom. The molecule has 0 saturated heterocycles. The van der Waals surface area contributed by atoms with Gasteiger partial charge in [-0.15, -0.1) is 0 Å². The van der Waals surface area contributed by atoms with Crippen LogP contribution in [0.5, 0.6) is 11.5 Å². The van der Waals surface area contributed by atoms with Crippen molar-refractivity contribution in [3.8, 4) is 11.5 Å². The summed E-state index contributed by atoms with van der Waals surface area (Å²) in [4.78, 5) is 17.0. The van der Waals surface area contributed by atoms with E-state index >= 15 is 0 Å². The molecule has 1 aromatic carbocycles. The summed E-state index contributed by atoms with van der Waals surface area (Å²) in [6.07, 6.45) is 3.72. The molecule has 30 heavy (non-hydrogen) atoms. The highest BCUT2D eigenvalue weighted by atomic mass is 16.5. The van der Waals surface area contributed by atoms with Crippen molar-refractivity contribution in [2.24, 2.45) is 0 Å². The second-order valence-corrected chi connectivity index (χ2v) is 7.65. The van der Waals surface area contributed by atoms with Crippen LogP contribution in [-0.4, -0.2) is 22.6 Å². The molecular weight excluding hydrogens is 378 g/mol. The predicted octanol–water partition coefficient (Wildman–Crippen LogP) is 3.41. The van der Waals surface area contributed by atoms with Crippen molar-refractivity contribution in [3.63, 3.8) is 0 Å². The van der Waals surface area contributed by atoms with Crippen LogP contribution in [-0.2, 0) is 6.54 Å². The Hall–Kier alpha value is -2.86. The fourth-order valence-electron chi connectivity index (χ4n) is 3.26. The van der Waals surface area contributed by atoms with E-state index in [1.807, 2.05) is 31.3 Å². The van der Waals surface area contributed by atoms with Gasteiger partial charge in [0.2, 0.25) is 0 Å². The highest BCUT2D eigenvalue weighted by molar-refractivity contribution is 5.43. The number of hydrogen-bond donors (Lipinski definition) is 1. The first-order valence-electron chi connectivity index (χ1n) is 10.7. The molecule has 0 aliphatic rings. The van der Waals surface area contributed by atoms with Crippen LogP contribution in [0.1, 0.15) is 56.5 Å². The van der Waals surface area contributed by atoms with Crippen LogP contribution in [0.25, 0.3) is 5.65 Å². The Morgan fingerprint density at radius 1 is 1.03 bits per heavy atom. The lowest BCUT2D eigenvalue weighted by molar-refractivity contribution is -0.708. The highest BCUT2D eigenvalue weighted by Crippen LogP contribution is 2.30. The number of pyridine rings is 1. The Labute approximate surface area is 177 Å². The maximum Gasteiger partial charge on any atom is 0.258 e. The summed E-state index contributed by atoms with van der Waals surface area (Å²) in [5.74, 6) is 1.58. The predicted molar refractivity (Wildman–Crippen MR) is 118 cm³/mol. The molecule has 0 unspecified atom stereocenters. The molecule has 160 valence electrons. The normalized spacial score (nSPS) is 12.1. The summed E-state index contributed by atoms with van der Waals surface area (Å²) in [5.41, 5.74) is 3.59. The number of quaternary nitrogens is 1. The number of nitrogens with two attached hydrogens (primary N) is 1. The molecule has 3 aromatic rings. The Kier molecular flexibility index (Phi) is 7.46. The first-order valence-corrected chi connectivity index (χ1v) is 10.7. The van der Waals surface area contributed by atoms with Crippen LogP contribution >= 0.6 is 0 Å². The molecule has 0 aliphatic carbocycles. The van der Waals surface area contributed by atoms with E-state index in [-0.39, 0.29) is 11.6 Å². The SMILES string of the molecule is CCCOc1ccc([C@@H](C)[NH2+]Cc2cc(=O)n3cc(C)ccc3n2)cc1OCCC. The molecule has 0 fully saturated rings. The van der Waals surface area contributed by atoms with Gasteiger partial charge in [-0.1, -0.05) is 19.9 Å². The molecule has 1 atom stereocenters. The Balaban J connectivity index is 1.73. The number of fused-ring (bicyclic) bond motifs is 1. The standard InChI is InChI=1S/C24H31N3O3/c1-5-11-29-21-9-8-19(13-22(21)30-12-6-2)18(4)25-15-20-14-24(28)27-16-17(3)7-10-23(27)26-20/h7-10,13-14,16,18,25H,5-6,11-12,15H2,1-4H3/p+1/t18-/m1/s1. The summed E-state index contributed by atoms with van der Waals surface area (Å²) < 4.78 is 13.3. The molecule has 6 heteroatoms. The van der Waals surface area contributed by atoms with Crippen molar-refractivity contribution < 1.29 is 14.8 Å². The summed E-state index contributed by atoms with van der Waals surface area (Å²) in [6, 6.07) is 11.8. The highest BCUT2D eigenvalue weighted by Gasteiger charge is 2.14. The van der Waals surface area contributed by atoms with Gasteiger partial charge < -0.3 is 14.8 Å². The van der Waals surface area contributed by atoms with E-state index in [1.165, 1.54) is 0 Å². The largest absolute Gasteiger partial charge is 0.490 e. The van der Waals surface area contributed by atoms with Crippen LogP contribution in [0.3, 0.4) is 0 Å². The van der Waals surface area contributed by atoms with Crippen LogP contribution in [0.15, 0.2) is 47.4 Å². The zero-order chi connectivity index (χ0) is 21.5. The summed E-state index contributed by atoms with van der Waals surface area (Å²) in [6.45, 7) is 10.2. The quantitative estimate of drug-likeness (QED) is 0.556. The Morgan fingerprint density at radius 3 is 2.50 bits per heavy atom. The van der Waals surface area contributed by atoms with Crippen molar-refractivity contribution in [2.45, 2.75) is 53.1 Å². The van der Waals surface area contributed by atoms with E-state index < -0.39 is 0 Å². The number of hydrogen-bond acceptors (Lipinski definition) is 4. The lowest BCUT2D eigenvalue weighted by Gasteiger charge is -2.16. The van der Waals surface area contributed by atoms with Gasteiger partial charge >= 0.3 is 0 Å². The van der Waals surface area contributed by atoms with Gasteiger partial charge in [-0.3, -0.25) is 9.20 Å². The molecule has 0 spiro atoms. The third kappa shape index (κ3) is 5.39. The van der Waals surface area contributed by atoms with Crippen molar-refractivity contribution >= 4 is 5.65 Å². The van der Waals surface area contributed by atoms with Crippen molar-refractivity contribution in [1.29, 1.82) is 0 Å². The molecule has 0 aliphatic heterocycles. The van der Waals surface area contributed by atoms with E-state index in [4.69, 9.17) is 9.47 Å². The average Bonchev–Trinajstić information content (AvgIpc) is 2.75. The van der Waals surface area contributed by atoms with Gasteiger partial charge in [0.1, 0.15) is 23.9 Å². The molecular formula is C24H32N3O3+. The number of aromatic nitrogens is 2. The maximum atomic E-state index is 12.4. The van der Waals surface area contributed by atoms with Gasteiger partial charge in [-0.05, 0) is 56.5 Å². The number of benzene rings is 1. The molecule has 0 bridgehead atoms. The molecule has 0 amide bonds.